The summed E-state index contributed by atoms with van der Waals surface area (Å²) in [7, 11) is 0. The molecule has 1 amide bonds. The fourth-order valence-electron chi connectivity index (χ4n) is 2.00. The van der Waals surface area contributed by atoms with Crippen LogP contribution in [0.15, 0.2) is 34.5 Å². The summed E-state index contributed by atoms with van der Waals surface area (Å²) >= 11 is 0. The van der Waals surface area contributed by atoms with Crippen molar-refractivity contribution in [2.75, 3.05) is 13.1 Å². The molecule has 0 aliphatic carbocycles. The van der Waals surface area contributed by atoms with E-state index in [0.29, 0.717) is 28.9 Å². The van der Waals surface area contributed by atoms with E-state index in [-0.39, 0.29) is 19.0 Å². The number of benzene rings is 1. The van der Waals surface area contributed by atoms with Crippen LogP contribution in [0, 0.1) is 0 Å². The number of nitrogens with two attached hydrogens (primary N) is 1. The van der Waals surface area contributed by atoms with Gasteiger partial charge in [0.2, 0.25) is 0 Å². The lowest BCUT2D eigenvalue weighted by Gasteiger charge is -2.05. The number of rotatable bonds is 7. The van der Waals surface area contributed by atoms with Crippen LogP contribution in [-0.2, 0) is 6.42 Å². The number of aryl methyl sites for hydroxylation is 1. The van der Waals surface area contributed by atoms with E-state index in [2.05, 4.69) is 17.2 Å². The second-order valence-electron chi connectivity index (χ2n) is 5.05. The zero-order valence-electron chi connectivity index (χ0n) is 12.6. The van der Waals surface area contributed by atoms with Gasteiger partial charge in [-0.25, -0.2) is 9.37 Å². The Hall–Kier alpha value is -2.21. The maximum atomic E-state index is 12.4. The van der Waals surface area contributed by atoms with Crippen LogP contribution in [0.1, 0.15) is 36.0 Å². The van der Waals surface area contributed by atoms with Crippen LogP contribution in [0.4, 0.5) is 4.39 Å². The molecular weight excluding hydrogens is 285 g/mol. The van der Waals surface area contributed by atoms with E-state index in [1.807, 2.05) is 0 Å². The van der Waals surface area contributed by atoms with Gasteiger partial charge in [0, 0.05) is 25.1 Å². The second-order valence-corrected chi connectivity index (χ2v) is 5.05. The van der Waals surface area contributed by atoms with Gasteiger partial charge < -0.3 is 15.5 Å². The predicted molar refractivity (Wildman–Crippen MR) is 83.2 cm³/mol. The molecule has 0 fully saturated rings. The van der Waals surface area contributed by atoms with E-state index in [1.54, 1.807) is 18.2 Å². The molecule has 0 bridgehead atoms. The van der Waals surface area contributed by atoms with Gasteiger partial charge in [-0.05, 0) is 30.2 Å². The summed E-state index contributed by atoms with van der Waals surface area (Å²) in [6.07, 6.45) is 3.28. The molecule has 1 aromatic carbocycles. The predicted octanol–water partition coefficient (Wildman–Crippen LogP) is 2.71. The van der Waals surface area contributed by atoms with Crippen LogP contribution >= 0.6 is 0 Å². The highest BCUT2D eigenvalue weighted by atomic mass is 19.1. The summed E-state index contributed by atoms with van der Waals surface area (Å²) in [6.45, 7) is 2.26. The lowest BCUT2D eigenvalue weighted by Crippen LogP contribution is -2.27. The number of oxazole rings is 1. The summed E-state index contributed by atoms with van der Waals surface area (Å²) in [6, 6.07) is 5.07. The molecule has 0 saturated heterocycles. The Bertz CT molecular complexity index is 679. The number of halogens is 1. The molecule has 0 aliphatic rings. The molecule has 2 rings (SSSR count). The Morgan fingerprint density at radius 3 is 3.00 bits per heavy atom. The minimum absolute atomic E-state index is 0.0682. The molecule has 1 heterocycles. The standard InChI is InChI=1S/C16H20FN3O2/c1-2-3-4-15-20-13-6-5-12(7-14(13)22-15)16(21)19-10-11(8-17)9-18/h5-8H,2-4,9-10,18H2,1H3,(H,19,21). The summed E-state index contributed by atoms with van der Waals surface area (Å²) in [5.41, 5.74) is 7.43. The summed E-state index contributed by atoms with van der Waals surface area (Å²) in [5.74, 6) is 0.376. The molecule has 0 aliphatic heterocycles. The van der Waals surface area contributed by atoms with Gasteiger partial charge in [0.05, 0.1) is 6.33 Å². The number of unbranched alkanes of at least 4 members (excludes halogenated alkanes) is 1. The highest BCUT2D eigenvalue weighted by molar-refractivity contribution is 5.97. The lowest BCUT2D eigenvalue weighted by molar-refractivity contribution is 0.0957. The Labute approximate surface area is 128 Å². The van der Waals surface area contributed by atoms with Crippen LogP contribution in [-0.4, -0.2) is 24.0 Å². The van der Waals surface area contributed by atoms with Crippen molar-refractivity contribution in [3.8, 4) is 0 Å². The Morgan fingerprint density at radius 1 is 1.50 bits per heavy atom. The number of aromatic nitrogens is 1. The molecule has 6 heteroatoms. The first-order valence-electron chi connectivity index (χ1n) is 7.33. The smallest absolute Gasteiger partial charge is 0.251 e. The summed E-state index contributed by atoms with van der Waals surface area (Å²) < 4.78 is 18.1. The summed E-state index contributed by atoms with van der Waals surface area (Å²) in [5, 5.41) is 2.62. The number of hydrogen-bond donors (Lipinski definition) is 2. The van der Waals surface area contributed by atoms with Crippen LogP contribution in [0.3, 0.4) is 0 Å². The van der Waals surface area contributed by atoms with Gasteiger partial charge in [-0.3, -0.25) is 4.79 Å². The van der Waals surface area contributed by atoms with Crippen LogP contribution < -0.4 is 11.1 Å². The van der Waals surface area contributed by atoms with Gasteiger partial charge in [0.25, 0.3) is 5.91 Å². The van der Waals surface area contributed by atoms with Crippen molar-refractivity contribution in [3.05, 3.63) is 41.6 Å². The molecule has 0 spiro atoms. The van der Waals surface area contributed by atoms with Gasteiger partial charge in [-0.2, -0.15) is 0 Å². The fraction of sp³-hybridized carbons (Fsp3) is 0.375. The molecule has 0 radical (unpaired) electrons. The van der Waals surface area contributed by atoms with Crippen molar-refractivity contribution in [2.24, 2.45) is 5.73 Å². The number of nitrogens with zero attached hydrogens (tertiary/aromatic N) is 1. The van der Waals surface area contributed by atoms with Crippen molar-refractivity contribution >= 4 is 17.0 Å². The van der Waals surface area contributed by atoms with E-state index < -0.39 is 0 Å². The number of carbonyl (C=O) groups is 1. The molecule has 22 heavy (non-hydrogen) atoms. The minimum Gasteiger partial charge on any atom is -0.441 e. The molecule has 118 valence electrons. The van der Waals surface area contributed by atoms with Crippen LogP contribution in [0.25, 0.3) is 11.1 Å². The molecule has 3 N–H and O–H groups in total. The third-order valence-corrected chi connectivity index (χ3v) is 3.33. The van der Waals surface area contributed by atoms with Crippen molar-refractivity contribution in [3.63, 3.8) is 0 Å². The number of hydrogen-bond acceptors (Lipinski definition) is 4. The minimum atomic E-state index is -0.304. The van der Waals surface area contributed by atoms with Gasteiger partial charge in [0.1, 0.15) is 5.52 Å². The molecule has 0 atom stereocenters. The zero-order chi connectivity index (χ0) is 15.9. The Balaban J connectivity index is 2.09. The zero-order valence-corrected chi connectivity index (χ0v) is 12.6. The van der Waals surface area contributed by atoms with Crippen molar-refractivity contribution in [1.82, 2.24) is 10.3 Å². The van der Waals surface area contributed by atoms with E-state index in [0.717, 1.165) is 24.8 Å². The normalized spacial score (nSPS) is 11.9. The number of nitrogens with one attached hydrogen (secondary N) is 1. The number of fused-ring (bicyclic) bond motifs is 1. The average Bonchev–Trinajstić information content (AvgIpc) is 2.95. The van der Waals surface area contributed by atoms with E-state index in [4.69, 9.17) is 10.2 Å². The molecule has 2 aromatic rings. The largest absolute Gasteiger partial charge is 0.441 e. The lowest BCUT2D eigenvalue weighted by atomic mass is 10.2. The third kappa shape index (κ3) is 3.92. The number of amides is 1. The van der Waals surface area contributed by atoms with Crippen LogP contribution in [0.5, 0.6) is 0 Å². The highest BCUT2D eigenvalue weighted by Gasteiger charge is 2.11. The van der Waals surface area contributed by atoms with E-state index in [1.165, 1.54) is 0 Å². The number of carbonyl (C=O) groups excluding carboxylic acids is 1. The molecular formula is C16H20FN3O2. The Kier molecular flexibility index (Phi) is 5.66. The average molecular weight is 305 g/mol. The Morgan fingerprint density at radius 2 is 2.32 bits per heavy atom. The van der Waals surface area contributed by atoms with E-state index in [9.17, 15) is 9.18 Å². The van der Waals surface area contributed by atoms with Crippen molar-refractivity contribution in [1.29, 1.82) is 0 Å². The molecule has 0 unspecified atom stereocenters. The first-order valence-corrected chi connectivity index (χ1v) is 7.33. The summed E-state index contributed by atoms with van der Waals surface area (Å²) in [4.78, 5) is 16.4. The first-order chi connectivity index (χ1) is 10.7. The highest BCUT2D eigenvalue weighted by Crippen LogP contribution is 2.18. The van der Waals surface area contributed by atoms with Crippen LogP contribution in [0.2, 0.25) is 0 Å². The van der Waals surface area contributed by atoms with Gasteiger partial charge in [-0.15, -0.1) is 0 Å². The maximum Gasteiger partial charge on any atom is 0.251 e. The maximum absolute atomic E-state index is 12.4. The van der Waals surface area contributed by atoms with Gasteiger partial charge >= 0.3 is 0 Å². The fourth-order valence-corrected chi connectivity index (χ4v) is 2.00. The first kappa shape index (κ1) is 16.2. The topological polar surface area (TPSA) is 81.2 Å². The monoisotopic (exact) mass is 305 g/mol. The van der Waals surface area contributed by atoms with Gasteiger partial charge in [0.15, 0.2) is 11.5 Å². The van der Waals surface area contributed by atoms with Gasteiger partial charge in [-0.1, -0.05) is 13.3 Å². The molecule has 5 nitrogen and oxygen atoms in total. The van der Waals surface area contributed by atoms with Crippen molar-refractivity contribution < 1.29 is 13.6 Å². The second kappa shape index (κ2) is 7.70. The molecule has 1 aromatic heterocycles. The molecule has 0 saturated carbocycles. The SMILES string of the molecule is CCCCc1nc2ccc(C(=O)NCC(=CF)CN)cc2o1. The van der Waals surface area contributed by atoms with E-state index >= 15 is 0 Å². The quantitative estimate of drug-likeness (QED) is 0.824. The third-order valence-electron chi connectivity index (χ3n) is 3.33. The van der Waals surface area contributed by atoms with Crippen molar-refractivity contribution in [2.45, 2.75) is 26.2 Å².